The highest BCUT2D eigenvalue weighted by Gasteiger charge is 2.44. The number of ether oxygens (including phenoxy) is 1. The predicted molar refractivity (Wildman–Crippen MR) is 100.0 cm³/mol. The van der Waals surface area contributed by atoms with Crippen LogP contribution in [0.5, 0.6) is 0 Å². The van der Waals surface area contributed by atoms with Crippen LogP contribution in [0.3, 0.4) is 0 Å². The van der Waals surface area contributed by atoms with Gasteiger partial charge in [-0.25, -0.2) is 4.79 Å². The second-order valence-corrected chi connectivity index (χ2v) is 8.52. The first-order chi connectivity index (χ1) is 11.1. The number of carboxylic acids is 1. The molecule has 1 heterocycles. The Morgan fingerprint density at radius 3 is 2.58 bits per heavy atom. The predicted octanol–water partition coefficient (Wildman–Crippen LogP) is 3.94. The maximum atomic E-state index is 12.4. The van der Waals surface area contributed by atoms with Crippen molar-refractivity contribution in [3.05, 3.63) is 33.4 Å². The van der Waals surface area contributed by atoms with Crippen molar-refractivity contribution in [2.75, 3.05) is 13.1 Å². The zero-order chi connectivity index (χ0) is 18.0. The van der Waals surface area contributed by atoms with Crippen molar-refractivity contribution in [1.82, 2.24) is 4.90 Å². The third-order valence-corrected chi connectivity index (χ3v) is 5.22. The number of carboxylic acid groups (broad SMARTS) is 1. The Balaban J connectivity index is 2.21. The normalized spacial score (nSPS) is 21.4. The summed E-state index contributed by atoms with van der Waals surface area (Å²) in [6.07, 6.45) is 1.21. The zero-order valence-electron chi connectivity index (χ0n) is 14.3. The fraction of sp³-hybridized carbons (Fsp3) is 0.556. The number of carbonyl (C=O) groups is 2. The molecule has 0 spiro atoms. The minimum Gasteiger partial charge on any atom is -0.481 e. The van der Waals surface area contributed by atoms with Crippen molar-refractivity contribution in [2.24, 2.45) is 5.41 Å². The van der Waals surface area contributed by atoms with E-state index in [2.05, 4.69) is 22.6 Å². The molecule has 24 heavy (non-hydrogen) atoms. The van der Waals surface area contributed by atoms with Crippen molar-refractivity contribution in [3.63, 3.8) is 0 Å². The van der Waals surface area contributed by atoms with Gasteiger partial charge in [-0.15, -0.1) is 0 Å². The van der Waals surface area contributed by atoms with Crippen molar-refractivity contribution in [3.8, 4) is 0 Å². The molecule has 0 radical (unpaired) electrons. The van der Waals surface area contributed by atoms with Gasteiger partial charge in [0.25, 0.3) is 0 Å². The van der Waals surface area contributed by atoms with Gasteiger partial charge in [0, 0.05) is 16.7 Å². The van der Waals surface area contributed by atoms with Crippen molar-refractivity contribution >= 4 is 34.7 Å². The summed E-state index contributed by atoms with van der Waals surface area (Å²) in [5, 5.41) is 9.89. The van der Waals surface area contributed by atoms with Crippen LogP contribution < -0.4 is 0 Å². The highest BCUT2D eigenvalue weighted by Crippen LogP contribution is 2.35. The number of piperidine rings is 1. The molecule has 1 N–H and O–H groups in total. The highest BCUT2D eigenvalue weighted by molar-refractivity contribution is 14.1. The lowest BCUT2D eigenvalue weighted by Gasteiger charge is -2.40. The smallest absolute Gasteiger partial charge is 0.410 e. The number of nitrogens with zero attached hydrogens (tertiary/aromatic N) is 1. The summed E-state index contributed by atoms with van der Waals surface area (Å²) in [5.41, 5.74) is -0.544. The monoisotopic (exact) mass is 445 g/mol. The Kier molecular flexibility index (Phi) is 5.78. The van der Waals surface area contributed by atoms with Gasteiger partial charge in [-0.1, -0.05) is 18.2 Å². The maximum Gasteiger partial charge on any atom is 0.410 e. The molecule has 0 aliphatic carbocycles. The van der Waals surface area contributed by atoms with E-state index >= 15 is 0 Å². The Hall–Kier alpha value is -1.31. The number of hydrogen-bond acceptors (Lipinski definition) is 3. The second kappa shape index (κ2) is 7.29. The number of hydrogen-bond donors (Lipinski definition) is 1. The minimum atomic E-state index is -0.962. The van der Waals surface area contributed by atoms with Crippen LogP contribution in [0.2, 0.25) is 0 Å². The lowest BCUT2D eigenvalue weighted by molar-refractivity contribution is -0.152. The first kappa shape index (κ1) is 19.0. The van der Waals surface area contributed by atoms with Crippen LogP contribution in [0.15, 0.2) is 24.3 Å². The van der Waals surface area contributed by atoms with E-state index in [1.165, 1.54) is 0 Å². The number of amides is 1. The van der Waals surface area contributed by atoms with Gasteiger partial charge in [-0.3, -0.25) is 4.79 Å². The number of benzene rings is 1. The van der Waals surface area contributed by atoms with Crippen molar-refractivity contribution in [2.45, 2.75) is 45.6 Å². The van der Waals surface area contributed by atoms with Gasteiger partial charge in [-0.2, -0.15) is 0 Å². The van der Waals surface area contributed by atoms with Crippen LogP contribution in [-0.2, 0) is 16.0 Å². The standard InChI is InChI=1S/C18H24INO4/c1-17(2,3)24-16(23)20-10-6-9-18(12-20,15(21)22)11-13-7-4-5-8-14(13)19/h4-5,7-8H,6,9-12H2,1-3H3,(H,21,22)/t18-/m1/s1. The summed E-state index contributed by atoms with van der Waals surface area (Å²) < 4.78 is 6.46. The fourth-order valence-electron chi connectivity index (χ4n) is 3.01. The van der Waals surface area contributed by atoms with Gasteiger partial charge in [0.05, 0.1) is 5.41 Å². The van der Waals surface area contributed by atoms with E-state index in [1.54, 1.807) is 4.90 Å². The third kappa shape index (κ3) is 4.62. The zero-order valence-corrected chi connectivity index (χ0v) is 16.5. The molecule has 0 aromatic heterocycles. The first-order valence-corrected chi connectivity index (χ1v) is 9.16. The van der Waals surface area contributed by atoms with Crippen LogP contribution in [-0.4, -0.2) is 40.8 Å². The van der Waals surface area contributed by atoms with E-state index in [0.717, 1.165) is 9.13 Å². The Bertz CT molecular complexity index is 626. The minimum absolute atomic E-state index is 0.183. The van der Waals surface area contributed by atoms with Gasteiger partial charge in [0.1, 0.15) is 5.60 Å². The summed E-state index contributed by atoms with van der Waals surface area (Å²) in [6, 6.07) is 7.78. The topological polar surface area (TPSA) is 66.8 Å². The molecule has 1 aliphatic rings. The van der Waals surface area contributed by atoms with Crippen LogP contribution in [0.25, 0.3) is 0 Å². The number of carbonyl (C=O) groups excluding carboxylic acids is 1. The van der Waals surface area contributed by atoms with Crippen LogP contribution in [0.4, 0.5) is 4.79 Å². The Morgan fingerprint density at radius 2 is 2.00 bits per heavy atom. The average molecular weight is 445 g/mol. The summed E-state index contributed by atoms with van der Waals surface area (Å²) >= 11 is 2.22. The van der Waals surface area contributed by atoms with E-state index in [1.807, 2.05) is 45.0 Å². The van der Waals surface area contributed by atoms with Crippen molar-refractivity contribution < 1.29 is 19.4 Å². The largest absolute Gasteiger partial charge is 0.481 e. The van der Waals surface area contributed by atoms with Gasteiger partial charge in [0.15, 0.2) is 0 Å². The molecule has 0 unspecified atom stereocenters. The maximum absolute atomic E-state index is 12.4. The van der Waals surface area contributed by atoms with E-state index in [4.69, 9.17) is 4.74 Å². The number of rotatable bonds is 3. The quantitative estimate of drug-likeness (QED) is 0.717. The van der Waals surface area contributed by atoms with Crippen molar-refractivity contribution in [1.29, 1.82) is 0 Å². The average Bonchev–Trinajstić information content (AvgIpc) is 2.48. The first-order valence-electron chi connectivity index (χ1n) is 8.08. The van der Waals surface area contributed by atoms with E-state index in [-0.39, 0.29) is 6.54 Å². The fourth-order valence-corrected chi connectivity index (χ4v) is 3.59. The number of aliphatic carboxylic acids is 1. The molecule has 0 saturated carbocycles. The molecular formula is C18H24INO4. The molecule has 1 aromatic carbocycles. The van der Waals surface area contributed by atoms with Crippen LogP contribution in [0, 0.1) is 8.99 Å². The van der Waals surface area contributed by atoms with Gasteiger partial charge >= 0.3 is 12.1 Å². The molecule has 0 bridgehead atoms. The molecule has 1 fully saturated rings. The number of likely N-dealkylation sites (tertiary alicyclic amines) is 1. The SMILES string of the molecule is CC(C)(C)OC(=O)N1CCC[C@](Cc2ccccc2I)(C(=O)O)C1. The molecule has 1 aliphatic heterocycles. The van der Waals surface area contributed by atoms with E-state index in [0.29, 0.717) is 25.8 Å². The molecular weight excluding hydrogens is 421 g/mol. The van der Waals surface area contributed by atoms with Crippen LogP contribution >= 0.6 is 22.6 Å². The summed E-state index contributed by atoms with van der Waals surface area (Å²) in [7, 11) is 0. The van der Waals surface area contributed by atoms with Gasteiger partial charge in [-0.05, 0) is 74.3 Å². The molecule has 1 atom stereocenters. The van der Waals surface area contributed by atoms with Gasteiger partial charge < -0.3 is 14.7 Å². The summed E-state index contributed by atoms with van der Waals surface area (Å²) in [5.74, 6) is -0.851. The summed E-state index contributed by atoms with van der Waals surface area (Å²) in [4.78, 5) is 26.0. The molecule has 1 amide bonds. The second-order valence-electron chi connectivity index (χ2n) is 7.36. The molecule has 6 heteroatoms. The van der Waals surface area contributed by atoms with E-state index in [9.17, 15) is 14.7 Å². The molecule has 5 nitrogen and oxygen atoms in total. The third-order valence-electron chi connectivity index (χ3n) is 4.17. The highest BCUT2D eigenvalue weighted by atomic mass is 127. The van der Waals surface area contributed by atoms with Crippen LogP contribution in [0.1, 0.15) is 39.2 Å². The Morgan fingerprint density at radius 1 is 1.33 bits per heavy atom. The van der Waals surface area contributed by atoms with E-state index < -0.39 is 23.1 Å². The van der Waals surface area contributed by atoms with Gasteiger partial charge in [0.2, 0.25) is 0 Å². The molecule has 2 rings (SSSR count). The molecule has 1 saturated heterocycles. The lowest BCUT2D eigenvalue weighted by Crippen LogP contribution is -2.52. The Labute approximate surface area is 156 Å². The number of halogens is 1. The molecule has 132 valence electrons. The lowest BCUT2D eigenvalue weighted by atomic mass is 9.75. The summed E-state index contributed by atoms with van der Waals surface area (Å²) in [6.45, 7) is 6.15. The molecule has 1 aromatic rings.